The van der Waals surface area contributed by atoms with E-state index in [2.05, 4.69) is 30.8 Å². The molecular weight excluding hydrogens is 374 g/mol. The van der Waals surface area contributed by atoms with Crippen LogP contribution in [0.3, 0.4) is 0 Å². The molecule has 2 aromatic heterocycles. The number of anilines is 1. The van der Waals surface area contributed by atoms with Gasteiger partial charge in [0.25, 0.3) is 10.0 Å². The Kier molecular flexibility index (Phi) is 3.83. The summed E-state index contributed by atoms with van der Waals surface area (Å²) in [4.78, 5) is 0. The Morgan fingerprint density at radius 3 is 2.43 bits per heavy atom. The highest BCUT2D eigenvalue weighted by atomic mass is 79.9. The van der Waals surface area contributed by atoms with Gasteiger partial charge in [0.15, 0.2) is 0 Å². The van der Waals surface area contributed by atoms with Crippen LogP contribution in [0.25, 0.3) is 11.3 Å². The van der Waals surface area contributed by atoms with Gasteiger partial charge >= 0.3 is 0 Å². The van der Waals surface area contributed by atoms with Crippen molar-refractivity contribution >= 4 is 43.0 Å². The van der Waals surface area contributed by atoms with Crippen LogP contribution >= 0.6 is 27.3 Å². The van der Waals surface area contributed by atoms with Crippen molar-refractivity contribution in [3.05, 3.63) is 52.4 Å². The zero-order chi connectivity index (χ0) is 14.9. The lowest BCUT2D eigenvalue weighted by molar-refractivity contribution is 0.603. The van der Waals surface area contributed by atoms with Crippen LogP contribution in [0.2, 0.25) is 0 Å². The van der Waals surface area contributed by atoms with Gasteiger partial charge in [-0.2, -0.15) is 5.10 Å². The molecule has 3 rings (SSSR count). The van der Waals surface area contributed by atoms with Gasteiger partial charge in [0, 0.05) is 11.9 Å². The fraction of sp³-hybridized carbons (Fsp3) is 0. The van der Waals surface area contributed by atoms with Crippen LogP contribution in [0.4, 0.5) is 5.69 Å². The molecular formula is C13H10BrN3O2S2. The quantitative estimate of drug-likeness (QED) is 0.720. The van der Waals surface area contributed by atoms with Gasteiger partial charge < -0.3 is 0 Å². The minimum atomic E-state index is -3.54. The number of nitrogens with one attached hydrogen (secondary N) is 2. The predicted molar refractivity (Wildman–Crippen MR) is 86.9 cm³/mol. The maximum atomic E-state index is 12.2. The lowest BCUT2D eigenvalue weighted by Gasteiger charge is -2.06. The van der Waals surface area contributed by atoms with E-state index in [0.29, 0.717) is 5.69 Å². The van der Waals surface area contributed by atoms with Crippen LogP contribution in [0, 0.1) is 0 Å². The molecule has 0 fully saturated rings. The van der Waals surface area contributed by atoms with E-state index in [9.17, 15) is 8.42 Å². The van der Waals surface area contributed by atoms with E-state index in [1.807, 2.05) is 18.2 Å². The molecule has 0 aliphatic heterocycles. The number of nitrogens with zero attached hydrogens (tertiary/aromatic N) is 1. The lowest BCUT2D eigenvalue weighted by atomic mass is 10.1. The van der Waals surface area contributed by atoms with Crippen molar-refractivity contribution in [1.82, 2.24) is 10.2 Å². The zero-order valence-corrected chi connectivity index (χ0v) is 13.8. The van der Waals surface area contributed by atoms with E-state index < -0.39 is 10.0 Å². The minimum Gasteiger partial charge on any atom is -0.279 e. The Hall–Kier alpha value is -1.64. The number of halogens is 1. The molecule has 0 atom stereocenters. The summed E-state index contributed by atoms with van der Waals surface area (Å²) in [5, 5.41) is 6.74. The standard InChI is InChI=1S/C13H10BrN3O2S2/c14-12-5-6-13(20-12)21(18,19)17-10-3-1-9(2-4-10)11-7-8-15-16-11/h1-8,17H,(H,15,16). The van der Waals surface area contributed by atoms with Gasteiger partial charge in [0.05, 0.1) is 9.48 Å². The number of rotatable bonds is 4. The first-order chi connectivity index (χ1) is 10.0. The van der Waals surface area contributed by atoms with Crippen molar-refractivity contribution in [3.63, 3.8) is 0 Å². The number of thiophene rings is 1. The topological polar surface area (TPSA) is 74.8 Å². The summed E-state index contributed by atoms with van der Waals surface area (Å²) in [6, 6.07) is 12.2. The van der Waals surface area contributed by atoms with Gasteiger partial charge in [-0.15, -0.1) is 11.3 Å². The molecule has 0 spiro atoms. The molecule has 21 heavy (non-hydrogen) atoms. The van der Waals surface area contributed by atoms with Crippen molar-refractivity contribution in [3.8, 4) is 11.3 Å². The largest absolute Gasteiger partial charge is 0.279 e. The monoisotopic (exact) mass is 383 g/mol. The van der Waals surface area contributed by atoms with Gasteiger partial charge in [-0.1, -0.05) is 12.1 Å². The van der Waals surface area contributed by atoms with Crippen molar-refractivity contribution in [2.45, 2.75) is 4.21 Å². The molecule has 108 valence electrons. The highest BCUT2D eigenvalue weighted by Gasteiger charge is 2.16. The van der Waals surface area contributed by atoms with E-state index >= 15 is 0 Å². The van der Waals surface area contributed by atoms with Gasteiger partial charge in [-0.3, -0.25) is 9.82 Å². The Bertz CT molecular complexity index is 840. The highest BCUT2D eigenvalue weighted by molar-refractivity contribution is 9.11. The van der Waals surface area contributed by atoms with Gasteiger partial charge in [0.2, 0.25) is 0 Å². The summed E-state index contributed by atoms with van der Waals surface area (Å²) in [6.07, 6.45) is 1.67. The summed E-state index contributed by atoms with van der Waals surface area (Å²) < 4.78 is 28.0. The summed E-state index contributed by atoms with van der Waals surface area (Å²) in [6.45, 7) is 0. The van der Waals surface area contributed by atoms with Crippen LogP contribution in [-0.2, 0) is 10.0 Å². The third-order valence-electron chi connectivity index (χ3n) is 2.76. The zero-order valence-electron chi connectivity index (χ0n) is 10.6. The van der Waals surface area contributed by atoms with Crippen LogP contribution in [0.1, 0.15) is 0 Å². The number of sulfonamides is 1. The molecule has 8 heteroatoms. The molecule has 2 N–H and O–H groups in total. The van der Waals surface area contributed by atoms with Crippen molar-refractivity contribution in [2.24, 2.45) is 0 Å². The van der Waals surface area contributed by atoms with Gasteiger partial charge in [-0.25, -0.2) is 8.42 Å². The second kappa shape index (κ2) is 5.63. The second-order valence-electron chi connectivity index (χ2n) is 4.21. The Morgan fingerprint density at radius 2 is 1.86 bits per heavy atom. The molecule has 0 aliphatic rings. The van der Waals surface area contributed by atoms with Crippen molar-refractivity contribution in [2.75, 3.05) is 4.72 Å². The number of hydrogen-bond donors (Lipinski definition) is 2. The molecule has 1 aromatic carbocycles. The normalized spacial score (nSPS) is 11.5. The average Bonchev–Trinajstić information content (AvgIpc) is 3.10. The van der Waals surface area contributed by atoms with E-state index in [4.69, 9.17) is 0 Å². The van der Waals surface area contributed by atoms with Gasteiger partial charge in [0.1, 0.15) is 4.21 Å². The molecule has 3 aromatic rings. The summed E-state index contributed by atoms with van der Waals surface area (Å²) >= 11 is 4.43. The number of H-pyrrole nitrogens is 1. The minimum absolute atomic E-state index is 0.270. The maximum absolute atomic E-state index is 12.2. The van der Waals surface area contributed by atoms with E-state index in [-0.39, 0.29) is 4.21 Å². The smallest absolute Gasteiger partial charge is 0.271 e. The van der Waals surface area contributed by atoms with E-state index in [0.717, 1.165) is 15.0 Å². The average molecular weight is 384 g/mol. The SMILES string of the molecule is O=S(=O)(Nc1ccc(-c2ccn[nH]2)cc1)c1ccc(Br)s1. The number of hydrogen-bond acceptors (Lipinski definition) is 4. The molecule has 0 aliphatic carbocycles. The Balaban J connectivity index is 1.82. The van der Waals surface area contributed by atoms with E-state index in [1.165, 1.54) is 11.3 Å². The third kappa shape index (κ3) is 3.17. The fourth-order valence-corrected chi connectivity index (χ4v) is 4.85. The molecule has 0 radical (unpaired) electrons. The Labute approximate surface area is 134 Å². The third-order valence-corrected chi connectivity index (χ3v) is 6.26. The summed E-state index contributed by atoms with van der Waals surface area (Å²) in [5.74, 6) is 0. The fourth-order valence-electron chi connectivity index (χ4n) is 1.78. The molecule has 0 saturated carbocycles. The molecule has 2 heterocycles. The first kappa shape index (κ1) is 14.3. The second-order valence-corrected chi connectivity index (χ2v) is 8.58. The highest BCUT2D eigenvalue weighted by Crippen LogP contribution is 2.28. The predicted octanol–water partition coefficient (Wildman–Crippen LogP) is 3.70. The molecule has 0 unspecified atom stereocenters. The van der Waals surface area contributed by atoms with Gasteiger partial charge in [-0.05, 0) is 51.8 Å². The molecule has 0 amide bonds. The Morgan fingerprint density at radius 1 is 1.10 bits per heavy atom. The van der Waals surface area contributed by atoms with Crippen LogP contribution in [0.15, 0.2) is 56.7 Å². The molecule has 5 nitrogen and oxygen atoms in total. The maximum Gasteiger partial charge on any atom is 0.271 e. The number of aromatic amines is 1. The van der Waals surface area contributed by atoms with Crippen LogP contribution < -0.4 is 4.72 Å². The number of benzene rings is 1. The van der Waals surface area contributed by atoms with E-state index in [1.54, 1.807) is 30.5 Å². The van der Waals surface area contributed by atoms with Crippen molar-refractivity contribution in [1.29, 1.82) is 0 Å². The van der Waals surface area contributed by atoms with Crippen LogP contribution in [0.5, 0.6) is 0 Å². The molecule has 0 saturated heterocycles. The number of aromatic nitrogens is 2. The summed E-state index contributed by atoms with van der Waals surface area (Å²) in [5.41, 5.74) is 2.34. The van der Waals surface area contributed by atoms with Crippen molar-refractivity contribution < 1.29 is 8.42 Å². The first-order valence-corrected chi connectivity index (χ1v) is 9.02. The first-order valence-electron chi connectivity index (χ1n) is 5.92. The summed E-state index contributed by atoms with van der Waals surface area (Å²) in [7, 11) is -3.54. The lowest BCUT2D eigenvalue weighted by Crippen LogP contribution is -2.11. The van der Waals surface area contributed by atoms with Crippen LogP contribution in [-0.4, -0.2) is 18.6 Å². The molecule has 0 bridgehead atoms.